The number of hydrogen-bond acceptors (Lipinski definition) is 7. The standard InChI is InChI=1S/C21H24N6O/c1-3-4-13-22-21-25-20-18(26-27-21)16-7-5-6-8-17(16)23-19(24-20)14-9-11-15(28-2)12-10-14/h5-12,19,23H,3-4,13H2,1-2H3,(H2,22,24,25,27). The van der Waals surface area contributed by atoms with Crippen molar-refractivity contribution >= 4 is 17.5 Å². The van der Waals surface area contributed by atoms with E-state index >= 15 is 0 Å². The molecule has 0 radical (unpaired) electrons. The zero-order valence-corrected chi connectivity index (χ0v) is 16.1. The van der Waals surface area contributed by atoms with Gasteiger partial charge in [0.25, 0.3) is 0 Å². The molecule has 28 heavy (non-hydrogen) atoms. The second-order valence-corrected chi connectivity index (χ2v) is 6.65. The summed E-state index contributed by atoms with van der Waals surface area (Å²) < 4.78 is 5.28. The molecule has 3 aromatic rings. The van der Waals surface area contributed by atoms with Gasteiger partial charge in [-0.25, -0.2) is 0 Å². The fourth-order valence-corrected chi connectivity index (χ4v) is 3.17. The molecule has 0 aliphatic carbocycles. The highest BCUT2D eigenvalue weighted by Crippen LogP contribution is 2.37. The van der Waals surface area contributed by atoms with Gasteiger partial charge >= 0.3 is 0 Å². The van der Waals surface area contributed by atoms with Gasteiger partial charge in [-0.1, -0.05) is 43.7 Å². The van der Waals surface area contributed by atoms with Gasteiger partial charge in [0.15, 0.2) is 5.82 Å². The van der Waals surface area contributed by atoms with Crippen molar-refractivity contribution < 1.29 is 4.74 Å². The maximum Gasteiger partial charge on any atom is 0.244 e. The smallest absolute Gasteiger partial charge is 0.244 e. The van der Waals surface area contributed by atoms with E-state index in [1.807, 2.05) is 48.5 Å². The van der Waals surface area contributed by atoms with E-state index in [0.717, 1.165) is 47.6 Å². The lowest BCUT2D eigenvalue weighted by molar-refractivity contribution is 0.414. The molecule has 1 atom stereocenters. The van der Waals surface area contributed by atoms with Gasteiger partial charge in [-0.15, -0.1) is 10.2 Å². The minimum atomic E-state index is -0.159. The van der Waals surface area contributed by atoms with Crippen molar-refractivity contribution in [2.75, 3.05) is 29.6 Å². The van der Waals surface area contributed by atoms with Gasteiger partial charge in [0, 0.05) is 17.8 Å². The first-order valence-electron chi connectivity index (χ1n) is 9.53. The molecule has 0 fully saturated rings. The lowest BCUT2D eigenvalue weighted by Gasteiger charge is -2.20. The van der Waals surface area contributed by atoms with Gasteiger partial charge in [-0.3, -0.25) is 0 Å². The van der Waals surface area contributed by atoms with Crippen molar-refractivity contribution in [3.63, 3.8) is 0 Å². The minimum Gasteiger partial charge on any atom is -0.497 e. The fraction of sp³-hybridized carbons (Fsp3) is 0.286. The van der Waals surface area contributed by atoms with Crippen molar-refractivity contribution in [1.29, 1.82) is 0 Å². The van der Waals surface area contributed by atoms with Crippen LogP contribution in [0.1, 0.15) is 31.5 Å². The largest absolute Gasteiger partial charge is 0.497 e. The summed E-state index contributed by atoms with van der Waals surface area (Å²) in [6, 6.07) is 16.0. The van der Waals surface area contributed by atoms with Crippen LogP contribution in [0.25, 0.3) is 11.3 Å². The molecule has 144 valence electrons. The van der Waals surface area contributed by atoms with E-state index in [1.165, 1.54) is 0 Å². The number of nitrogens with zero attached hydrogens (tertiary/aromatic N) is 3. The topological polar surface area (TPSA) is 84.0 Å². The highest BCUT2D eigenvalue weighted by Gasteiger charge is 2.24. The molecule has 2 aromatic carbocycles. The first-order valence-corrected chi connectivity index (χ1v) is 9.53. The number of anilines is 3. The number of methoxy groups -OCH3 is 1. The summed E-state index contributed by atoms with van der Waals surface area (Å²) in [6.07, 6.45) is 2.02. The van der Waals surface area contributed by atoms with Gasteiger partial charge in [0.2, 0.25) is 5.95 Å². The Labute approximate surface area is 164 Å². The highest BCUT2D eigenvalue weighted by atomic mass is 16.5. The summed E-state index contributed by atoms with van der Waals surface area (Å²) in [7, 11) is 1.67. The average molecular weight is 376 g/mol. The van der Waals surface area contributed by atoms with Crippen LogP contribution in [0.4, 0.5) is 17.5 Å². The zero-order valence-electron chi connectivity index (χ0n) is 16.1. The van der Waals surface area contributed by atoms with Crippen LogP contribution in [0.5, 0.6) is 5.75 Å². The van der Waals surface area contributed by atoms with Gasteiger partial charge in [-0.2, -0.15) is 4.98 Å². The number of hydrogen-bond donors (Lipinski definition) is 3. The molecule has 0 bridgehead atoms. The maximum absolute atomic E-state index is 5.28. The van der Waals surface area contributed by atoms with Crippen molar-refractivity contribution in [2.45, 2.75) is 25.9 Å². The number of para-hydroxylation sites is 1. The van der Waals surface area contributed by atoms with Gasteiger partial charge < -0.3 is 20.7 Å². The maximum atomic E-state index is 5.28. The number of aromatic nitrogens is 3. The predicted molar refractivity (Wildman–Crippen MR) is 112 cm³/mol. The van der Waals surface area contributed by atoms with E-state index in [4.69, 9.17) is 9.72 Å². The molecule has 3 N–H and O–H groups in total. The van der Waals surface area contributed by atoms with Gasteiger partial charge in [-0.05, 0) is 30.2 Å². The van der Waals surface area contributed by atoms with Crippen LogP contribution in [-0.4, -0.2) is 28.8 Å². The lowest BCUT2D eigenvalue weighted by Crippen LogP contribution is -2.19. The Morgan fingerprint density at radius 1 is 1.04 bits per heavy atom. The molecule has 7 heteroatoms. The minimum absolute atomic E-state index is 0.159. The number of benzene rings is 2. The van der Waals surface area contributed by atoms with E-state index in [-0.39, 0.29) is 6.17 Å². The second kappa shape index (κ2) is 8.12. The third-order valence-electron chi connectivity index (χ3n) is 4.71. The van der Waals surface area contributed by atoms with E-state index < -0.39 is 0 Å². The quantitative estimate of drug-likeness (QED) is 0.553. The average Bonchev–Trinajstić information content (AvgIpc) is 2.90. The van der Waals surface area contributed by atoms with E-state index in [2.05, 4.69) is 33.1 Å². The second-order valence-electron chi connectivity index (χ2n) is 6.65. The van der Waals surface area contributed by atoms with Gasteiger partial charge in [0.05, 0.1) is 7.11 Å². The summed E-state index contributed by atoms with van der Waals surface area (Å²) in [5.74, 6) is 2.06. The summed E-state index contributed by atoms with van der Waals surface area (Å²) >= 11 is 0. The van der Waals surface area contributed by atoms with Crippen LogP contribution in [0.3, 0.4) is 0 Å². The van der Waals surface area contributed by atoms with Gasteiger partial charge in [0.1, 0.15) is 17.6 Å². The Morgan fingerprint density at radius 3 is 2.64 bits per heavy atom. The molecule has 4 rings (SSSR count). The van der Waals surface area contributed by atoms with Crippen LogP contribution in [0, 0.1) is 0 Å². The van der Waals surface area contributed by atoms with Crippen LogP contribution in [0.15, 0.2) is 48.5 Å². The third kappa shape index (κ3) is 3.69. The summed E-state index contributed by atoms with van der Waals surface area (Å²) in [5, 5.41) is 19.0. The normalized spacial score (nSPS) is 14.7. The number of unbranched alkanes of at least 4 members (excludes halogenated alkanes) is 1. The van der Waals surface area contributed by atoms with Crippen LogP contribution in [-0.2, 0) is 0 Å². The summed E-state index contributed by atoms with van der Waals surface area (Å²) in [4.78, 5) is 4.69. The van der Waals surface area contributed by atoms with Crippen molar-refractivity contribution in [1.82, 2.24) is 15.2 Å². The van der Waals surface area contributed by atoms with E-state index in [0.29, 0.717) is 11.8 Å². The molecular weight excluding hydrogens is 352 g/mol. The Balaban J connectivity index is 1.71. The molecule has 0 amide bonds. The predicted octanol–water partition coefficient (Wildman–Crippen LogP) is 4.30. The first kappa shape index (κ1) is 18.0. The number of ether oxygens (including phenoxy) is 1. The molecule has 1 unspecified atom stereocenters. The van der Waals surface area contributed by atoms with E-state index in [9.17, 15) is 0 Å². The fourth-order valence-electron chi connectivity index (χ4n) is 3.17. The van der Waals surface area contributed by atoms with Crippen molar-refractivity contribution in [3.8, 4) is 17.0 Å². The molecular formula is C21H24N6O. The molecule has 0 saturated heterocycles. The van der Waals surface area contributed by atoms with Crippen LogP contribution >= 0.6 is 0 Å². The number of rotatable bonds is 6. The van der Waals surface area contributed by atoms with E-state index in [1.54, 1.807) is 7.11 Å². The summed E-state index contributed by atoms with van der Waals surface area (Å²) in [5.41, 5.74) is 3.76. The van der Waals surface area contributed by atoms with Crippen molar-refractivity contribution in [2.24, 2.45) is 0 Å². The molecule has 0 saturated carbocycles. The van der Waals surface area contributed by atoms with Crippen LogP contribution < -0.4 is 20.7 Å². The highest BCUT2D eigenvalue weighted by molar-refractivity contribution is 5.84. The number of fused-ring (bicyclic) bond motifs is 3. The Bertz CT molecular complexity index is 944. The molecule has 1 aromatic heterocycles. The SMILES string of the molecule is CCCCNc1nnc2c(n1)NC(c1ccc(OC)cc1)Nc1ccccc1-2. The lowest BCUT2D eigenvalue weighted by atomic mass is 10.1. The first-order chi connectivity index (χ1) is 13.8. The molecule has 7 nitrogen and oxygen atoms in total. The third-order valence-corrected chi connectivity index (χ3v) is 4.71. The Hall–Kier alpha value is -3.35. The zero-order chi connectivity index (χ0) is 19.3. The molecule has 0 spiro atoms. The van der Waals surface area contributed by atoms with Crippen LogP contribution in [0.2, 0.25) is 0 Å². The molecule has 1 aliphatic rings. The Morgan fingerprint density at radius 2 is 1.86 bits per heavy atom. The number of nitrogens with one attached hydrogen (secondary N) is 3. The Kier molecular flexibility index (Phi) is 5.23. The molecule has 2 heterocycles. The monoisotopic (exact) mass is 376 g/mol. The molecule has 1 aliphatic heterocycles. The summed E-state index contributed by atoms with van der Waals surface area (Å²) in [6.45, 7) is 2.98. The van der Waals surface area contributed by atoms with Crippen molar-refractivity contribution in [3.05, 3.63) is 54.1 Å².